The van der Waals surface area contributed by atoms with Gasteiger partial charge in [0.1, 0.15) is 41.5 Å². The summed E-state index contributed by atoms with van der Waals surface area (Å²) in [5.41, 5.74) is 4.19. The Labute approximate surface area is 290 Å². The van der Waals surface area contributed by atoms with Gasteiger partial charge in [-0.1, -0.05) is 6.07 Å². The number of fused-ring (bicyclic) bond motifs is 2. The number of nitrogens with zero attached hydrogens (tertiary/aromatic N) is 6. The number of anilines is 1. The third-order valence-electron chi connectivity index (χ3n) is 9.85. The summed E-state index contributed by atoms with van der Waals surface area (Å²) in [4.78, 5) is 35.9. The maximum absolute atomic E-state index is 15.5. The number of ether oxygens (including phenoxy) is 1. The summed E-state index contributed by atoms with van der Waals surface area (Å²) in [6, 6.07) is 11.1. The quantitative estimate of drug-likeness (QED) is 0.187. The molecule has 264 valence electrons. The minimum absolute atomic E-state index is 0.00563. The average Bonchev–Trinajstić information content (AvgIpc) is 3.90. The lowest BCUT2D eigenvalue weighted by Crippen LogP contribution is -2.47. The average molecular weight is 702 g/mol. The van der Waals surface area contributed by atoms with Gasteiger partial charge in [0.25, 0.3) is 12.3 Å². The van der Waals surface area contributed by atoms with Crippen molar-refractivity contribution in [3.63, 3.8) is 0 Å². The van der Waals surface area contributed by atoms with Gasteiger partial charge in [-0.05, 0) is 66.3 Å². The molecule has 2 aliphatic heterocycles. The first-order valence-corrected chi connectivity index (χ1v) is 17.0. The van der Waals surface area contributed by atoms with Crippen LogP contribution in [0.3, 0.4) is 0 Å². The number of alkyl halides is 2. The van der Waals surface area contributed by atoms with Crippen molar-refractivity contribution in [2.45, 2.75) is 38.3 Å². The number of aromatic amines is 1. The molecule has 3 aromatic heterocycles. The molecule has 5 heterocycles. The summed E-state index contributed by atoms with van der Waals surface area (Å²) < 4.78 is 62.2. The van der Waals surface area contributed by atoms with Crippen LogP contribution in [0.5, 0.6) is 5.75 Å². The van der Waals surface area contributed by atoms with Crippen molar-refractivity contribution in [3.8, 4) is 28.4 Å². The predicted octanol–water partition coefficient (Wildman–Crippen LogP) is 5.76. The van der Waals surface area contributed by atoms with E-state index in [0.717, 1.165) is 30.0 Å². The van der Waals surface area contributed by atoms with Crippen LogP contribution >= 0.6 is 0 Å². The van der Waals surface area contributed by atoms with Crippen LogP contribution in [-0.4, -0.2) is 93.1 Å². The highest BCUT2D eigenvalue weighted by atomic mass is 19.3. The number of carbonyl (C=O) groups excluding carboxylic acids is 1. The van der Waals surface area contributed by atoms with E-state index in [1.165, 1.54) is 23.4 Å². The number of H-pyrrole nitrogens is 1. The Hall–Kier alpha value is -4.92. The monoisotopic (exact) mass is 701 g/mol. The zero-order valence-corrected chi connectivity index (χ0v) is 27.6. The lowest BCUT2D eigenvalue weighted by Gasteiger charge is -2.34. The zero-order valence-electron chi connectivity index (χ0n) is 27.6. The van der Waals surface area contributed by atoms with Crippen molar-refractivity contribution in [2.75, 3.05) is 50.8 Å². The molecule has 1 amide bonds. The molecule has 0 bridgehead atoms. The number of amides is 1. The van der Waals surface area contributed by atoms with Crippen LogP contribution in [0.15, 0.2) is 55.0 Å². The maximum Gasteiger partial charge on any atom is 0.265 e. The van der Waals surface area contributed by atoms with Gasteiger partial charge in [0, 0.05) is 55.4 Å². The molecule has 14 heteroatoms. The van der Waals surface area contributed by atoms with Crippen molar-refractivity contribution >= 4 is 22.6 Å². The number of hydrogen-bond acceptors (Lipinski definition) is 8. The fourth-order valence-corrected chi connectivity index (χ4v) is 7.08. The molecule has 0 unspecified atom stereocenters. The summed E-state index contributed by atoms with van der Waals surface area (Å²) in [6.45, 7) is 2.52. The van der Waals surface area contributed by atoms with Crippen LogP contribution in [0.25, 0.3) is 33.7 Å². The van der Waals surface area contributed by atoms with Crippen molar-refractivity contribution in [2.24, 2.45) is 0 Å². The molecule has 0 atom stereocenters. The SMILES string of the molecule is O=C1c2c(F)cc(C3CC3)cc2OCCN1c1cc(F)cc(-c2ncnc3[nH]c(-c4ccc(CN5CCN(CC(F)F)CC5)cn4)cc23)c1CO. The number of aromatic nitrogens is 4. The Bertz CT molecular complexity index is 2100. The molecule has 10 nitrogen and oxygen atoms in total. The van der Waals surface area contributed by atoms with Crippen LogP contribution < -0.4 is 9.64 Å². The normalized spacial score (nSPS) is 17.2. The van der Waals surface area contributed by atoms with Crippen LogP contribution in [0.4, 0.5) is 23.2 Å². The third kappa shape index (κ3) is 6.66. The van der Waals surface area contributed by atoms with E-state index in [1.807, 2.05) is 12.1 Å². The fourth-order valence-electron chi connectivity index (χ4n) is 7.08. The molecule has 1 saturated carbocycles. The van der Waals surface area contributed by atoms with Gasteiger partial charge in [0.05, 0.1) is 42.5 Å². The molecule has 0 radical (unpaired) electrons. The standard InChI is InChI=1S/C37H35F4N7O3/c38-24-13-25(27(19-49)31(14-24)48-9-10-51-32-12-23(22-2-3-22)11-28(39)34(32)37(48)50)35-26-15-30(45-36(26)44-20-43-35)29-4-1-21(16-42-29)17-46-5-7-47(8-6-46)18-33(40)41/h1,4,11-16,20,22,33,49H,2-3,5-10,17-19H2,(H,43,44,45). The van der Waals surface area contributed by atoms with Gasteiger partial charge in [-0.2, -0.15) is 0 Å². The van der Waals surface area contributed by atoms with E-state index >= 15 is 8.78 Å². The van der Waals surface area contributed by atoms with Crippen LogP contribution in [0, 0.1) is 11.6 Å². The van der Waals surface area contributed by atoms with Crippen LogP contribution in [0.2, 0.25) is 0 Å². The zero-order chi connectivity index (χ0) is 35.2. The van der Waals surface area contributed by atoms with Crippen molar-refractivity contribution < 1.29 is 32.2 Å². The van der Waals surface area contributed by atoms with E-state index < -0.39 is 30.6 Å². The molecular weight excluding hydrogens is 666 g/mol. The second-order valence-electron chi connectivity index (χ2n) is 13.3. The summed E-state index contributed by atoms with van der Waals surface area (Å²) in [6.07, 6.45) is 2.69. The van der Waals surface area contributed by atoms with Crippen molar-refractivity contribution in [1.82, 2.24) is 29.7 Å². The van der Waals surface area contributed by atoms with E-state index in [9.17, 15) is 18.7 Å². The first kappa shape index (κ1) is 33.2. The number of rotatable bonds is 9. The largest absolute Gasteiger partial charge is 0.491 e. The highest BCUT2D eigenvalue weighted by Crippen LogP contribution is 2.44. The number of piperazine rings is 1. The van der Waals surface area contributed by atoms with Gasteiger partial charge in [0.2, 0.25) is 0 Å². The summed E-state index contributed by atoms with van der Waals surface area (Å²) >= 11 is 0. The number of carbonyl (C=O) groups is 1. The number of aliphatic hydroxyl groups is 1. The number of aliphatic hydroxyl groups excluding tert-OH is 1. The second-order valence-corrected chi connectivity index (χ2v) is 13.3. The molecule has 1 saturated heterocycles. The van der Waals surface area contributed by atoms with E-state index in [0.29, 0.717) is 60.8 Å². The molecule has 1 aliphatic carbocycles. The Morgan fingerprint density at radius 2 is 1.76 bits per heavy atom. The Morgan fingerprint density at radius 3 is 2.49 bits per heavy atom. The minimum atomic E-state index is -2.33. The molecule has 8 rings (SSSR count). The minimum Gasteiger partial charge on any atom is -0.491 e. The third-order valence-corrected chi connectivity index (χ3v) is 9.85. The molecule has 2 fully saturated rings. The summed E-state index contributed by atoms with van der Waals surface area (Å²) in [5, 5.41) is 11.2. The number of halogens is 4. The lowest BCUT2D eigenvalue weighted by molar-refractivity contribution is 0.0543. The molecule has 51 heavy (non-hydrogen) atoms. The number of hydrogen-bond donors (Lipinski definition) is 2. The topological polar surface area (TPSA) is 111 Å². The molecule has 0 spiro atoms. The number of nitrogens with one attached hydrogen (secondary N) is 1. The number of pyridine rings is 1. The highest BCUT2D eigenvalue weighted by molar-refractivity contribution is 6.09. The van der Waals surface area contributed by atoms with Gasteiger partial charge in [-0.15, -0.1) is 0 Å². The molecule has 3 aliphatic rings. The molecular formula is C37H35F4N7O3. The van der Waals surface area contributed by atoms with E-state index in [-0.39, 0.29) is 53.7 Å². The van der Waals surface area contributed by atoms with E-state index in [1.54, 1.807) is 23.2 Å². The smallest absolute Gasteiger partial charge is 0.265 e. The Kier molecular flexibility index (Phi) is 8.90. The second kappa shape index (κ2) is 13.7. The lowest BCUT2D eigenvalue weighted by atomic mass is 9.99. The van der Waals surface area contributed by atoms with Gasteiger partial charge in [0.15, 0.2) is 0 Å². The maximum atomic E-state index is 15.5. The van der Waals surface area contributed by atoms with Gasteiger partial charge in [-0.25, -0.2) is 27.5 Å². The Balaban J connectivity index is 1.08. The first-order valence-electron chi connectivity index (χ1n) is 17.0. The summed E-state index contributed by atoms with van der Waals surface area (Å²) in [7, 11) is 0. The van der Waals surface area contributed by atoms with E-state index in [2.05, 4.69) is 24.8 Å². The first-order chi connectivity index (χ1) is 24.7. The summed E-state index contributed by atoms with van der Waals surface area (Å²) in [5.74, 6) is -1.64. The van der Waals surface area contributed by atoms with Crippen molar-refractivity contribution in [3.05, 3.63) is 88.9 Å². The predicted molar refractivity (Wildman–Crippen MR) is 182 cm³/mol. The Morgan fingerprint density at radius 1 is 0.961 bits per heavy atom. The molecule has 5 aromatic rings. The van der Waals surface area contributed by atoms with Crippen LogP contribution in [0.1, 0.15) is 45.8 Å². The van der Waals surface area contributed by atoms with Gasteiger partial charge < -0.3 is 19.7 Å². The van der Waals surface area contributed by atoms with Gasteiger partial charge in [-0.3, -0.25) is 19.6 Å². The van der Waals surface area contributed by atoms with Crippen LogP contribution in [-0.2, 0) is 13.2 Å². The fraction of sp³-hybridized carbons (Fsp3) is 0.351. The van der Waals surface area contributed by atoms with E-state index in [4.69, 9.17) is 4.74 Å². The van der Waals surface area contributed by atoms with Gasteiger partial charge >= 0.3 is 0 Å². The highest BCUT2D eigenvalue weighted by Gasteiger charge is 2.33. The van der Waals surface area contributed by atoms with Crippen molar-refractivity contribution in [1.29, 1.82) is 0 Å². The molecule has 2 aromatic carbocycles. The number of benzene rings is 2. The molecule has 2 N–H and O–H groups in total.